The lowest BCUT2D eigenvalue weighted by Crippen LogP contribution is -2.65. The van der Waals surface area contributed by atoms with Crippen molar-refractivity contribution < 1.29 is 33.3 Å². The number of primary amides is 1. The highest BCUT2D eigenvalue weighted by Gasteiger charge is 2.52. The summed E-state index contributed by atoms with van der Waals surface area (Å²) in [5.74, 6) is 0.282. The number of carbonyl (C=O) groups excluding carboxylic acids is 1. The van der Waals surface area contributed by atoms with Gasteiger partial charge in [-0.25, -0.2) is 9.59 Å². The van der Waals surface area contributed by atoms with Gasteiger partial charge in [-0.05, 0) is 44.0 Å². The summed E-state index contributed by atoms with van der Waals surface area (Å²) < 4.78 is 27.9. The molecule has 4 atom stereocenters. The van der Waals surface area contributed by atoms with E-state index >= 15 is 0 Å². The van der Waals surface area contributed by atoms with Gasteiger partial charge in [-0.3, -0.25) is 0 Å². The fourth-order valence-electron chi connectivity index (χ4n) is 4.43. The maximum Gasteiger partial charge on any atom is 0.405 e. The van der Waals surface area contributed by atoms with Gasteiger partial charge in [-0.2, -0.15) is 0 Å². The molecule has 1 aliphatic rings. The van der Waals surface area contributed by atoms with Crippen molar-refractivity contribution in [1.82, 2.24) is 0 Å². The normalized spacial score (nSPS) is 24.0. The van der Waals surface area contributed by atoms with Gasteiger partial charge < -0.3 is 34.2 Å². The van der Waals surface area contributed by atoms with Crippen molar-refractivity contribution in [3.63, 3.8) is 0 Å². The molecule has 0 spiro atoms. The first-order valence-electron chi connectivity index (χ1n) is 10.8. The number of hydrogen-bond donors (Lipinski definition) is 2. The van der Waals surface area contributed by atoms with Crippen LogP contribution in [0.5, 0.6) is 5.75 Å². The van der Waals surface area contributed by atoms with Gasteiger partial charge in [0.15, 0.2) is 6.10 Å². The van der Waals surface area contributed by atoms with Crippen molar-refractivity contribution in [2.45, 2.75) is 51.0 Å². The van der Waals surface area contributed by atoms with Crippen molar-refractivity contribution >= 4 is 17.1 Å². The Labute approximate surface area is 196 Å². The van der Waals surface area contributed by atoms with Crippen LogP contribution in [0.3, 0.4) is 0 Å². The molecule has 0 radical (unpaired) electrons. The summed E-state index contributed by atoms with van der Waals surface area (Å²) >= 11 is 0. The Hall–Kier alpha value is -3.40. The van der Waals surface area contributed by atoms with Crippen LogP contribution >= 0.6 is 0 Å². The first-order chi connectivity index (χ1) is 16.1. The number of ether oxygens (including phenoxy) is 4. The number of rotatable bonds is 5. The van der Waals surface area contributed by atoms with Crippen LogP contribution in [-0.2, 0) is 14.2 Å². The molecule has 3 aromatic rings. The standard InChI is InChI=1S/C25H27NO8/c1-13-16-11-10-15(12-17(16)32-22(28)18(13)14-8-6-5-7-9-14)31-23-20(33-24(26)29)19(27)21(30-4)25(2,3)34-23/h5-12,19-21,23,27H,1-4H3,(H2,26,29)/t19-,20-,21-,23-/m1/s1. The highest BCUT2D eigenvalue weighted by atomic mass is 16.7. The van der Waals surface area contributed by atoms with Crippen LogP contribution in [0.4, 0.5) is 4.79 Å². The van der Waals surface area contributed by atoms with Gasteiger partial charge in [-0.15, -0.1) is 0 Å². The number of aryl methyl sites for hydroxylation is 1. The Bertz CT molecular complexity index is 1250. The average molecular weight is 469 g/mol. The van der Waals surface area contributed by atoms with Crippen molar-refractivity contribution in [2.75, 3.05) is 7.11 Å². The molecule has 1 amide bonds. The van der Waals surface area contributed by atoms with Gasteiger partial charge >= 0.3 is 11.7 Å². The SMILES string of the molecule is CO[C@@H]1[C@H](O)[C@@H](OC(N)=O)[C@H](Oc2ccc3c(C)c(-c4ccccc4)c(=O)oc3c2)OC1(C)C. The third kappa shape index (κ3) is 4.37. The maximum absolute atomic E-state index is 12.8. The van der Waals surface area contributed by atoms with Gasteiger partial charge in [0.1, 0.15) is 23.5 Å². The van der Waals surface area contributed by atoms with E-state index in [1.54, 1.807) is 32.0 Å². The minimum atomic E-state index is -1.26. The minimum absolute atomic E-state index is 0.282. The largest absolute Gasteiger partial charge is 0.461 e. The lowest BCUT2D eigenvalue weighted by Gasteiger charge is -2.47. The lowest BCUT2D eigenvalue weighted by atomic mass is 9.89. The number of amides is 1. The topological polar surface area (TPSA) is 130 Å². The minimum Gasteiger partial charge on any atom is -0.461 e. The van der Waals surface area contributed by atoms with E-state index < -0.39 is 41.9 Å². The molecule has 0 aliphatic carbocycles. The summed E-state index contributed by atoms with van der Waals surface area (Å²) in [4.78, 5) is 24.2. The molecule has 9 nitrogen and oxygen atoms in total. The number of fused-ring (bicyclic) bond motifs is 1. The summed E-state index contributed by atoms with van der Waals surface area (Å²) in [6.45, 7) is 5.29. The number of hydrogen-bond acceptors (Lipinski definition) is 8. The van der Waals surface area contributed by atoms with E-state index in [2.05, 4.69) is 0 Å². The zero-order valence-corrected chi connectivity index (χ0v) is 19.3. The van der Waals surface area contributed by atoms with Crippen LogP contribution in [0.2, 0.25) is 0 Å². The van der Waals surface area contributed by atoms with E-state index in [1.807, 2.05) is 37.3 Å². The van der Waals surface area contributed by atoms with Crippen LogP contribution in [0, 0.1) is 6.92 Å². The Balaban J connectivity index is 1.69. The lowest BCUT2D eigenvalue weighted by molar-refractivity contribution is -0.304. The smallest absolute Gasteiger partial charge is 0.405 e. The van der Waals surface area contributed by atoms with Crippen LogP contribution in [0.15, 0.2) is 57.7 Å². The molecule has 2 heterocycles. The molecular weight excluding hydrogens is 442 g/mol. The number of aliphatic hydroxyl groups is 1. The van der Waals surface area contributed by atoms with E-state index in [0.29, 0.717) is 11.1 Å². The number of benzene rings is 2. The quantitative estimate of drug-likeness (QED) is 0.545. The predicted molar refractivity (Wildman–Crippen MR) is 123 cm³/mol. The zero-order valence-electron chi connectivity index (χ0n) is 19.3. The number of methoxy groups -OCH3 is 1. The van der Waals surface area contributed by atoms with Crippen molar-refractivity contribution in [2.24, 2.45) is 5.73 Å². The van der Waals surface area contributed by atoms with E-state index in [4.69, 9.17) is 29.1 Å². The van der Waals surface area contributed by atoms with E-state index in [0.717, 1.165) is 16.5 Å². The Kier molecular flexibility index (Phi) is 6.35. The van der Waals surface area contributed by atoms with E-state index in [1.165, 1.54) is 7.11 Å². The summed E-state index contributed by atoms with van der Waals surface area (Å²) in [5, 5.41) is 11.5. The Morgan fingerprint density at radius 3 is 2.50 bits per heavy atom. The van der Waals surface area contributed by atoms with E-state index in [9.17, 15) is 14.7 Å². The zero-order chi connectivity index (χ0) is 24.6. The highest BCUT2D eigenvalue weighted by Crippen LogP contribution is 2.35. The van der Waals surface area contributed by atoms with Crippen molar-refractivity contribution in [1.29, 1.82) is 0 Å². The van der Waals surface area contributed by atoms with Crippen LogP contribution in [0.25, 0.3) is 22.1 Å². The van der Waals surface area contributed by atoms with Gasteiger partial charge in [0.2, 0.25) is 6.29 Å². The predicted octanol–water partition coefficient (Wildman–Crippen LogP) is 3.12. The second-order valence-electron chi connectivity index (χ2n) is 8.67. The monoisotopic (exact) mass is 469 g/mol. The summed E-state index contributed by atoms with van der Waals surface area (Å²) in [5.41, 5.74) is 6.09. The first kappa shape index (κ1) is 23.7. The molecule has 1 aromatic heterocycles. The van der Waals surface area contributed by atoms with Crippen molar-refractivity contribution in [3.8, 4) is 16.9 Å². The van der Waals surface area contributed by atoms with Gasteiger partial charge in [0.25, 0.3) is 0 Å². The Morgan fingerprint density at radius 2 is 1.85 bits per heavy atom. The molecule has 9 heteroatoms. The molecule has 0 unspecified atom stereocenters. The molecule has 1 fully saturated rings. The molecule has 1 saturated heterocycles. The summed E-state index contributed by atoms with van der Waals surface area (Å²) in [7, 11) is 1.42. The van der Waals surface area contributed by atoms with Crippen LogP contribution in [-0.4, -0.2) is 48.5 Å². The number of carbonyl (C=O) groups is 1. The number of aliphatic hydroxyl groups excluding tert-OH is 1. The molecule has 34 heavy (non-hydrogen) atoms. The Morgan fingerprint density at radius 1 is 1.15 bits per heavy atom. The third-order valence-corrected chi connectivity index (χ3v) is 5.98. The van der Waals surface area contributed by atoms with Crippen LogP contribution < -0.4 is 16.1 Å². The molecule has 4 rings (SSSR count). The molecule has 1 aliphatic heterocycles. The second-order valence-corrected chi connectivity index (χ2v) is 8.67. The molecule has 180 valence electrons. The molecular formula is C25H27NO8. The van der Waals surface area contributed by atoms with Gasteiger partial charge in [0, 0.05) is 18.6 Å². The van der Waals surface area contributed by atoms with Gasteiger partial charge in [-0.1, -0.05) is 30.3 Å². The second kappa shape index (κ2) is 9.09. The molecule has 0 saturated carbocycles. The maximum atomic E-state index is 12.8. The van der Waals surface area contributed by atoms with Gasteiger partial charge in [0.05, 0.1) is 11.2 Å². The van der Waals surface area contributed by atoms with Crippen molar-refractivity contribution in [3.05, 3.63) is 64.5 Å². The fourth-order valence-corrected chi connectivity index (χ4v) is 4.43. The summed E-state index contributed by atoms with van der Waals surface area (Å²) in [6, 6.07) is 14.3. The molecule has 2 aromatic carbocycles. The fraction of sp³-hybridized carbons (Fsp3) is 0.360. The molecule has 0 bridgehead atoms. The molecule has 3 N–H and O–H groups in total. The third-order valence-electron chi connectivity index (χ3n) is 5.98. The highest BCUT2D eigenvalue weighted by molar-refractivity contribution is 5.87. The summed E-state index contributed by atoms with van der Waals surface area (Å²) in [6.07, 6.45) is -5.60. The van der Waals surface area contributed by atoms with Crippen LogP contribution in [0.1, 0.15) is 19.4 Å². The number of nitrogens with two attached hydrogens (primary N) is 1. The average Bonchev–Trinajstić information content (AvgIpc) is 2.76. The first-order valence-corrected chi connectivity index (χ1v) is 10.8. The van der Waals surface area contributed by atoms with E-state index in [-0.39, 0.29) is 5.75 Å².